The number of hydrogen-bond donors (Lipinski definition) is 2. The number of aromatic nitrogens is 4. The Balaban J connectivity index is 1.97. The van der Waals surface area contributed by atoms with Crippen molar-refractivity contribution in [2.45, 2.75) is 13.8 Å². The molecule has 0 bridgehead atoms. The number of nitrogens with one attached hydrogen (secondary N) is 2. The van der Waals surface area contributed by atoms with E-state index in [1.54, 1.807) is 26.1 Å². The molecule has 7 heteroatoms. The van der Waals surface area contributed by atoms with Gasteiger partial charge >= 0.3 is 0 Å². The molecule has 112 valence electrons. The van der Waals surface area contributed by atoms with Crippen LogP contribution in [0.1, 0.15) is 21.6 Å². The van der Waals surface area contributed by atoms with Crippen LogP contribution in [0.2, 0.25) is 0 Å². The van der Waals surface area contributed by atoms with Gasteiger partial charge in [0.15, 0.2) is 5.69 Å². The normalized spacial score (nSPS) is 10.9. The van der Waals surface area contributed by atoms with Crippen LogP contribution >= 0.6 is 0 Å². The minimum atomic E-state index is -0.348. The molecule has 0 spiro atoms. The first-order chi connectivity index (χ1) is 10.5. The van der Waals surface area contributed by atoms with Gasteiger partial charge in [-0.3, -0.25) is 14.3 Å². The Morgan fingerprint density at radius 1 is 1.27 bits per heavy atom. The molecule has 0 saturated heterocycles. The van der Waals surface area contributed by atoms with E-state index in [4.69, 9.17) is 0 Å². The van der Waals surface area contributed by atoms with Crippen molar-refractivity contribution in [3.8, 4) is 0 Å². The third kappa shape index (κ3) is 2.37. The van der Waals surface area contributed by atoms with Crippen LogP contribution in [0.4, 0.5) is 5.69 Å². The van der Waals surface area contributed by atoms with Crippen LogP contribution in [0.3, 0.4) is 0 Å². The molecule has 0 aliphatic carbocycles. The van der Waals surface area contributed by atoms with Crippen LogP contribution in [0.15, 0.2) is 29.2 Å². The number of aromatic amines is 1. The first kappa shape index (κ1) is 14.0. The molecule has 3 rings (SSSR count). The van der Waals surface area contributed by atoms with Crippen LogP contribution in [0.25, 0.3) is 10.9 Å². The number of H-pyrrole nitrogens is 1. The zero-order chi connectivity index (χ0) is 15.9. The number of carbonyl (C=O) groups excluding carboxylic acids is 1. The first-order valence-corrected chi connectivity index (χ1v) is 6.76. The van der Waals surface area contributed by atoms with Gasteiger partial charge in [0.1, 0.15) is 0 Å². The van der Waals surface area contributed by atoms with E-state index in [0.29, 0.717) is 16.8 Å². The van der Waals surface area contributed by atoms with E-state index in [-0.39, 0.29) is 17.2 Å². The largest absolute Gasteiger partial charge is 0.322 e. The summed E-state index contributed by atoms with van der Waals surface area (Å²) in [5, 5.41) is 11.2. The SMILES string of the molecule is Cc1c(C)c2ccc(NC(=O)c3cn(C)nn3)cc2[nH]c1=O. The molecule has 1 amide bonds. The Kier molecular flexibility index (Phi) is 3.25. The summed E-state index contributed by atoms with van der Waals surface area (Å²) in [5.41, 5.74) is 3.01. The number of amides is 1. The third-order valence-corrected chi connectivity index (χ3v) is 3.67. The van der Waals surface area contributed by atoms with Gasteiger partial charge in [0.05, 0.1) is 11.7 Å². The fourth-order valence-corrected chi connectivity index (χ4v) is 2.29. The average Bonchev–Trinajstić information content (AvgIpc) is 2.91. The maximum atomic E-state index is 12.1. The standard InChI is InChI=1S/C15H15N5O2/c1-8-9(2)14(21)17-12-6-10(4-5-11(8)12)16-15(22)13-7-20(3)19-18-13/h4-7H,1-3H3,(H,16,22)(H,17,21). The van der Waals surface area contributed by atoms with Gasteiger partial charge in [-0.1, -0.05) is 11.3 Å². The highest BCUT2D eigenvalue weighted by molar-refractivity contribution is 6.03. The molecule has 0 aliphatic rings. The molecule has 7 nitrogen and oxygen atoms in total. The second kappa shape index (κ2) is 5.10. The van der Waals surface area contributed by atoms with Crippen molar-refractivity contribution in [3.63, 3.8) is 0 Å². The van der Waals surface area contributed by atoms with Gasteiger partial charge in [0.25, 0.3) is 11.5 Å². The smallest absolute Gasteiger partial charge is 0.277 e. The number of nitrogens with zero attached hydrogens (tertiary/aromatic N) is 3. The van der Waals surface area contributed by atoms with Crippen LogP contribution < -0.4 is 10.9 Å². The van der Waals surface area contributed by atoms with Gasteiger partial charge in [-0.25, -0.2) is 0 Å². The van der Waals surface area contributed by atoms with Crippen molar-refractivity contribution in [3.05, 3.63) is 51.6 Å². The minimum Gasteiger partial charge on any atom is -0.322 e. The van der Waals surface area contributed by atoms with Crippen molar-refractivity contribution in [2.24, 2.45) is 7.05 Å². The van der Waals surface area contributed by atoms with Crippen molar-refractivity contribution >= 4 is 22.5 Å². The van der Waals surface area contributed by atoms with Crippen molar-refractivity contribution in [2.75, 3.05) is 5.32 Å². The molecular formula is C15H15N5O2. The molecule has 22 heavy (non-hydrogen) atoms. The van der Waals surface area contributed by atoms with E-state index < -0.39 is 0 Å². The minimum absolute atomic E-state index is 0.123. The second-order valence-corrected chi connectivity index (χ2v) is 5.20. The van der Waals surface area contributed by atoms with Gasteiger partial charge in [-0.2, -0.15) is 0 Å². The maximum absolute atomic E-state index is 12.1. The lowest BCUT2D eigenvalue weighted by atomic mass is 10.1. The number of pyridine rings is 1. The maximum Gasteiger partial charge on any atom is 0.277 e. The number of aryl methyl sites for hydroxylation is 2. The summed E-state index contributed by atoms with van der Waals surface area (Å²) in [4.78, 5) is 26.7. The summed E-state index contributed by atoms with van der Waals surface area (Å²) >= 11 is 0. The zero-order valence-corrected chi connectivity index (χ0v) is 12.5. The van der Waals surface area contributed by atoms with E-state index in [2.05, 4.69) is 20.6 Å². The lowest BCUT2D eigenvalue weighted by Gasteiger charge is -2.08. The van der Waals surface area contributed by atoms with E-state index in [9.17, 15) is 9.59 Å². The van der Waals surface area contributed by atoms with Crippen molar-refractivity contribution in [1.29, 1.82) is 0 Å². The Morgan fingerprint density at radius 3 is 2.73 bits per heavy atom. The summed E-state index contributed by atoms with van der Waals surface area (Å²) in [7, 11) is 1.69. The quantitative estimate of drug-likeness (QED) is 0.750. The Morgan fingerprint density at radius 2 is 2.05 bits per heavy atom. The van der Waals surface area contributed by atoms with E-state index in [1.165, 1.54) is 10.9 Å². The highest BCUT2D eigenvalue weighted by atomic mass is 16.2. The molecule has 2 N–H and O–H groups in total. The molecule has 2 aromatic heterocycles. The van der Waals surface area contributed by atoms with Crippen LogP contribution in [-0.4, -0.2) is 25.9 Å². The summed E-state index contributed by atoms with van der Waals surface area (Å²) < 4.78 is 1.46. The fraction of sp³-hybridized carbons (Fsp3) is 0.200. The predicted octanol–water partition coefficient (Wildman–Crippen LogP) is 1.53. The monoisotopic (exact) mass is 297 g/mol. The molecule has 0 unspecified atom stereocenters. The molecule has 3 aromatic rings. The molecular weight excluding hydrogens is 282 g/mol. The number of rotatable bonds is 2. The van der Waals surface area contributed by atoms with Crippen LogP contribution in [0, 0.1) is 13.8 Å². The van der Waals surface area contributed by atoms with Crippen molar-refractivity contribution in [1.82, 2.24) is 20.0 Å². The highest BCUT2D eigenvalue weighted by Gasteiger charge is 2.11. The average molecular weight is 297 g/mol. The summed E-state index contributed by atoms with van der Waals surface area (Å²) in [6.07, 6.45) is 1.53. The number of fused-ring (bicyclic) bond motifs is 1. The topological polar surface area (TPSA) is 92.7 Å². The van der Waals surface area contributed by atoms with E-state index >= 15 is 0 Å². The molecule has 1 aromatic carbocycles. The highest BCUT2D eigenvalue weighted by Crippen LogP contribution is 2.21. The van der Waals surface area contributed by atoms with Gasteiger partial charge in [-0.15, -0.1) is 5.10 Å². The van der Waals surface area contributed by atoms with Crippen LogP contribution in [0.5, 0.6) is 0 Å². The molecule has 0 atom stereocenters. The predicted molar refractivity (Wildman–Crippen MR) is 83.0 cm³/mol. The Hall–Kier alpha value is -2.96. The summed E-state index contributed by atoms with van der Waals surface area (Å²) in [6.45, 7) is 3.70. The van der Waals surface area contributed by atoms with Crippen LogP contribution in [-0.2, 0) is 7.05 Å². The lowest BCUT2D eigenvalue weighted by Crippen LogP contribution is -2.14. The number of benzene rings is 1. The lowest BCUT2D eigenvalue weighted by molar-refractivity contribution is 0.102. The zero-order valence-electron chi connectivity index (χ0n) is 12.5. The molecule has 0 saturated carbocycles. The van der Waals surface area contributed by atoms with Gasteiger partial charge in [0.2, 0.25) is 0 Å². The number of anilines is 1. The van der Waals surface area contributed by atoms with Gasteiger partial charge < -0.3 is 10.3 Å². The fourth-order valence-electron chi connectivity index (χ4n) is 2.29. The third-order valence-electron chi connectivity index (χ3n) is 3.67. The van der Waals surface area contributed by atoms with Gasteiger partial charge in [-0.05, 0) is 31.5 Å². The molecule has 0 radical (unpaired) electrons. The van der Waals surface area contributed by atoms with E-state index in [1.807, 2.05) is 13.0 Å². The Bertz CT molecular complexity index is 939. The molecule has 0 fully saturated rings. The Labute approximate surface area is 126 Å². The molecule has 0 aliphatic heterocycles. The number of hydrogen-bond acceptors (Lipinski definition) is 4. The number of carbonyl (C=O) groups is 1. The summed E-state index contributed by atoms with van der Waals surface area (Å²) in [5.74, 6) is -0.348. The second-order valence-electron chi connectivity index (χ2n) is 5.20. The van der Waals surface area contributed by atoms with E-state index in [0.717, 1.165) is 10.9 Å². The van der Waals surface area contributed by atoms with Gasteiger partial charge in [0, 0.05) is 23.7 Å². The first-order valence-electron chi connectivity index (χ1n) is 6.76. The molecule has 2 heterocycles. The summed E-state index contributed by atoms with van der Waals surface area (Å²) in [6, 6.07) is 5.40. The van der Waals surface area contributed by atoms with Crippen molar-refractivity contribution < 1.29 is 4.79 Å².